The van der Waals surface area contributed by atoms with Crippen molar-refractivity contribution in [1.29, 1.82) is 0 Å². The Bertz CT molecular complexity index is 1220. The van der Waals surface area contributed by atoms with E-state index in [0.29, 0.717) is 37.5 Å². The molecule has 0 unspecified atom stereocenters. The maximum atomic E-state index is 12.7. The number of rotatable bonds is 9. The zero-order valence-electron chi connectivity index (χ0n) is 21.2. The molecule has 3 aliphatic carbocycles. The maximum absolute atomic E-state index is 12.7. The Morgan fingerprint density at radius 1 is 0.944 bits per heavy atom. The Morgan fingerprint density at radius 3 is 2.14 bits per heavy atom. The average Bonchev–Trinajstić information content (AvgIpc) is 3.84. The number of carbonyl (C=O) groups is 1. The van der Waals surface area contributed by atoms with Crippen LogP contribution in [0.4, 0.5) is 0 Å². The van der Waals surface area contributed by atoms with Gasteiger partial charge in [-0.15, -0.1) is 0 Å². The molecular formula is C31H36N2O3. The van der Waals surface area contributed by atoms with Crippen molar-refractivity contribution < 1.29 is 14.6 Å². The third kappa shape index (κ3) is 4.28. The Kier molecular flexibility index (Phi) is 5.99. The SMILES string of the molecule is Cc1nc(C2(OCC3CC3)CCC(C(=O)O)(c3ccccc3)CC2)n(CC2CC2)c1-c1ccccc1. The molecule has 0 amide bonds. The summed E-state index contributed by atoms with van der Waals surface area (Å²) in [5, 5.41) is 10.4. The van der Waals surface area contributed by atoms with Crippen molar-refractivity contribution in [3.05, 3.63) is 77.7 Å². The summed E-state index contributed by atoms with van der Waals surface area (Å²) >= 11 is 0. The molecule has 3 aliphatic rings. The molecule has 5 heteroatoms. The second-order valence-electron chi connectivity index (χ2n) is 11.3. The minimum Gasteiger partial charge on any atom is -0.481 e. The molecule has 3 aromatic rings. The highest BCUT2D eigenvalue weighted by Crippen LogP contribution is 2.51. The van der Waals surface area contributed by atoms with E-state index in [1.165, 1.54) is 36.9 Å². The first-order chi connectivity index (χ1) is 17.5. The lowest BCUT2D eigenvalue weighted by atomic mass is 9.65. The molecule has 36 heavy (non-hydrogen) atoms. The molecule has 3 saturated carbocycles. The molecule has 0 bridgehead atoms. The van der Waals surface area contributed by atoms with Crippen LogP contribution in [-0.4, -0.2) is 27.2 Å². The van der Waals surface area contributed by atoms with Crippen LogP contribution in [0.1, 0.15) is 68.4 Å². The highest BCUT2D eigenvalue weighted by molar-refractivity contribution is 5.81. The van der Waals surface area contributed by atoms with E-state index in [1.54, 1.807) is 0 Å². The van der Waals surface area contributed by atoms with Gasteiger partial charge in [-0.2, -0.15) is 0 Å². The summed E-state index contributed by atoms with van der Waals surface area (Å²) in [5.74, 6) is 1.60. The molecule has 0 aliphatic heterocycles. The van der Waals surface area contributed by atoms with Gasteiger partial charge in [0.1, 0.15) is 11.4 Å². The van der Waals surface area contributed by atoms with E-state index in [-0.39, 0.29) is 0 Å². The molecule has 188 valence electrons. The van der Waals surface area contributed by atoms with Gasteiger partial charge in [0.2, 0.25) is 0 Å². The molecule has 6 rings (SSSR count). The molecule has 1 aromatic heterocycles. The predicted octanol–water partition coefficient (Wildman–Crippen LogP) is 6.49. The van der Waals surface area contributed by atoms with Crippen LogP contribution in [0.2, 0.25) is 0 Å². The van der Waals surface area contributed by atoms with Crippen molar-refractivity contribution in [3.8, 4) is 11.3 Å². The van der Waals surface area contributed by atoms with Crippen molar-refractivity contribution in [3.63, 3.8) is 0 Å². The van der Waals surface area contributed by atoms with Gasteiger partial charge in [0.05, 0.1) is 23.4 Å². The first kappa shape index (κ1) is 23.5. The average molecular weight is 485 g/mol. The third-order valence-corrected chi connectivity index (χ3v) is 8.67. The topological polar surface area (TPSA) is 64.3 Å². The van der Waals surface area contributed by atoms with Gasteiger partial charge in [-0.25, -0.2) is 4.98 Å². The van der Waals surface area contributed by atoms with Crippen molar-refractivity contribution in [2.24, 2.45) is 11.8 Å². The van der Waals surface area contributed by atoms with Gasteiger partial charge in [-0.05, 0) is 75.7 Å². The lowest BCUT2D eigenvalue weighted by Crippen LogP contribution is -2.47. The summed E-state index contributed by atoms with van der Waals surface area (Å²) in [6.45, 7) is 3.80. The zero-order valence-corrected chi connectivity index (χ0v) is 21.2. The van der Waals surface area contributed by atoms with Crippen molar-refractivity contribution in [2.75, 3.05) is 6.61 Å². The van der Waals surface area contributed by atoms with Crippen molar-refractivity contribution in [2.45, 2.75) is 75.9 Å². The number of nitrogens with zero attached hydrogens (tertiary/aromatic N) is 2. The second-order valence-corrected chi connectivity index (χ2v) is 11.3. The number of hydrogen-bond donors (Lipinski definition) is 1. The highest BCUT2D eigenvalue weighted by atomic mass is 16.5. The molecule has 0 spiro atoms. The molecule has 1 N–H and O–H groups in total. The minimum absolute atomic E-state index is 0.549. The van der Waals surface area contributed by atoms with Crippen LogP contribution < -0.4 is 0 Å². The van der Waals surface area contributed by atoms with Crippen LogP contribution in [0.3, 0.4) is 0 Å². The number of aromatic nitrogens is 2. The van der Waals surface area contributed by atoms with Gasteiger partial charge in [0, 0.05) is 12.1 Å². The van der Waals surface area contributed by atoms with Crippen LogP contribution in [-0.2, 0) is 27.1 Å². The normalized spacial score (nSPS) is 26.1. The van der Waals surface area contributed by atoms with Crippen LogP contribution in [0.5, 0.6) is 0 Å². The summed E-state index contributed by atoms with van der Waals surface area (Å²) in [6.07, 6.45) is 7.40. The number of imidazole rings is 1. The standard InChI is InChI=1S/C31H36N2O3/c1-22-27(25-8-4-2-5-9-25)33(20-23-12-13-23)28(32-22)31(36-21-24-14-15-24)18-16-30(17-19-31,29(34)35)26-10-6-3-7-11-26/h2-11,23-24H,12-21H2,1H3,(H,34,35). The molecule has 3 fully saturated rings. The van der Waals surface area contributed by atoms with Gasteiger partial charge in [0.25, 0.3) is 0 Å². The van der Waals surface area contributed by atoms with Crippen LogP contribution >= 0.6 is 0 Å². The van der Waals surface area contributed by atoms with E-state index in [1.807, 2.05) is 30.3 Å². The molecule has 2 aromatic carbocycles. The van der Waals surface area contributed by atoms with Gasteiger partial charge < -0.3 is 14.4 Å². The lowest BCUT2D eigenvalue weighted by Gasteiger charge is -2.44. The van der Waals surface area contributed by atoms with E-state index >= 15 is 0 Å². The molecule has 0 radical (unpaired) electrons. The first-order valence-corrected chi connectivity index (χ1v) is 13.6. The van der Waals surface area contributed by atoms with Gasteiger partial charge in [0.15, 0.2) is 0 Å². The maximum Gasteiger partial charge on any atom is 0.314 e. The van der Waals surface area contributed by atoms with E-state index in [9.17, 15) is 9.90 Å². The quantitative estimate of drug-likeness (QED) is 0.377. The number of carboxylic acids is 1. The molecule has 0 atom stereocenters. The zero-order chi connectivity index (χ0) is 24.8. The second kappa shape index (κ2) is 9.19. The largest absolute Gasteiger partial charge is 0.481 e. The highest BCUT2D eigenvalue weighted by Gasteiger charge is 2.52. The Hall–Kier alpha value is -2.92. The van der Waals surface area contributed by atoms with Gasteiger partial charge >= 0.3 is 5.97 Å². The van der Waals surface area contributed by atoms with Gasteiger partial charge in [-0.1, -0.05) is 60.7 Å². The summed E-state index contributed by atoms with van der Waals surface area (Å²) in [6, 6.07) is 20.4. The summed E-state index contributed by atoms with van der Waals surface area (Å²) in [5.41, 5.74) is 2.87. The monoisotopic (exact) mass is 484 g/mol. The molecule has 5 nitrogen and oxygen atoms in total. The summed E-state index contributed by atoms with van der Waals surface area (Å²) < 4.78 is 9.30. The number of aliphatic carboxylic acids is 1. The van der Waals surface area contributed by atoms with Crippen LogP contribution in [0.15, 0.2) is 60.7 Å². The fraction of sp³-hybridized carbons (Fsp3) is 0.484. The fourth-order valence-electron chi connectivity index (χ4n) is 6.08. The minimum atomic E-state index is -0.876. The van der Waals surface area contributed by atoms with E-state index in [0.717, 1.165) is 30.2 Å². The fourth-order valence-corrected chi connectivity index (χ4v) is 6.08. The van der Waals surface area contributed by atoms with Crippen molar-refractivity contribution >= 4 is 5.97 Å². The predicted molar refractivity (Wildman–Crippen MR) is 140 cm³/mol. The van der Waals surface area contributed by atoms with Crippen molar-refractivity contribution in [1.82, 2.24) is 9.55 Å². The molecule has 0 saturated heterocycles. The number of aryl methyl sites for hydroxylation is 1. The summed E-state index contributed by atoms with van der Waals surface area (Å²) in [7, 11) is 0. The van der Waals surface area contributed by atoms with E-state index in [4.69, 9.17) is 9.72 Å². The Morgan fingerprint density at radius 2 is 1.56 bits per heavy atom. The number of hydrogen-bond acceptors (Lipinski definition) is 3. The third-order valence-electron chi connectivity index (χ3n) is 8.67. The number of ether oxygens (including phenoxy) is 1. The van der Waals surface area contributed by atoms with Crippen LogP contribution in [0, 0.1) is 18.8 Å². The Labute approximate surface area is 213 Å². The summed E-state index contributed by atoms with van der Waals surface area (Å²) in [4.78, 5) is 17.9. The van der Waals surface area contributed by atoms with Crippen LogP contribution in [0.25, 0.3) is 11.3 Å². The first-order valence-electron chi connectivity index (χ1n) is 13.6. The van der Waals surface area contributed by atoms with Gasteiger partial charge in [-0.3, -0.25) is 4.79 Å². The number of benzene rings is 2. The molecule has 1 heterocycles. The van der Waals surface area contributed by atoms with E-state index < -0.39 is 17.0 Å². The molecular weight excluding hydrogens is 448 g/mol. The number of carboxylic acid groups (broad SMARTS) is 1. The lowest BCUT2D eigenvalue weighted by molar-refractivity contribution is -0.151. The Balaban J connectivity index is 1.41. The van der Waals surface area contributed by atoms with E-state index in [2.05, 4.69) is 41.8 Å². The smallest absolute Gasteiger partial charge is 0.314 e.